The van der Waals surface area contributed by atoms with E-state index in [0.29, 0.717) is 6.54 Å². The molecule has 0 bridgehead atoms. The molecule has 1 saturated heterocycles. The summed E-state index contributed by atoms with van der Waals surface area (Å²) in [5.41, 5.74) is 5.08. The van der Waals surface area contributed by atoms with E-state index in [4.69, 9.17) is 5.73 Å². The van der Waals surface area contributed by atoms with Crippen molar-refractivity contribution < 1.29 is 18.0 Å². The van der Waals surface area contributed by atoms with Gasteiger partial charge in [-0.1, -0.05) is 6.92 Å². The molecule has 2 amide bonds. The molecule has 9 nitrogen and oxygen atoms in total. The second-order valence-electron chi connectivity index (χ2n) is 5.67. The Kier molecular flexibility index (Phi) is 7.87. The molecule has 25 heavy (non-hydrogen) atoms. The summed E-state index contributed by atoms with van der Waals surface area (Å²) >= 11 is 0. The summed E-state index contributed by atoms with van der Waals surface area (Å²) < 4.78 is 26.7. The number of sulfonamides is 1. The van der Waals surface area contributed by atoms with Crippen LogP contribution >= 0.6 is 12.4 Å². The number of nitrogens with one attached hydrogen (secondary N) is 3. The molecule has 0 radical (unpaired) electrons. The Morgan fingerprint density at radius 1 is 1.44 bits per heavy atom. The number of carbonyl (C=O) groups excluding carboxylic acids is 2. The number of nitrogens with two attached hydrogens (primary N) is 1. The van der Waals surface area contributed by atoms with Crippen molar-refractivity contribution >= 4 is 34.2 Å². The summed E-state index contributed by atoms with van der Waals surface area (Å²) in [6.45, 7) is 3.80. The molecule has 0 aliphatic carbocycles. The van der Waals surface area contributed by atoms with Crippen LogP contribution in [0.1, 0.15) is 30.3 Å². The molecule has 0 aromatic carbocycles. The van der Waals surface area contributed by atoms with Crippen molar-refractivity contribution in [2.24, 2.45) is 5.73 Å². The summed E-state index contributed by atoms with van der Waals surface area (Å²) in [7, 11) is -3.89. The van der Waals surface area contributed by atoms with Crippen LogP contribution in [0.2, 0.25) is 0 Å². The van der Waals surface area contributed by atoms with Crippen LogP contribution in [0.25, 0.3) is 0 Å². The maximum Gasteiger partial charge on any atom is 0.265 e. The van der Waals surface area contributed by atoms with E-state index in [9.17, 15) is 18.0 Å². The molecule has 142 valence electrons. The first-order valence-corrected chi connectivity index (χ1v) is 9.31. The topological polar surface area (TPSA) is 137 Å². The summed E-state index contributed by atoms with van der Waals surface area (Å²) in [4.78, 5) is 27.5. The Hall–Kier alpha value is -1.62. The summed E-state index contributed by atoms with van der Waals surface area (Å²) in [5, 5.41) is 3.20. The molecule has 0 saturated carbocycles. The van der Waals surface area contributed by atoms with Gasteiger partial charge in [0.2, 0.25) is 15.9 Å². The smallest absolute Gasteiger partial charge is 0.265 e. The number of aromatic amines is 1. The van der Waals surface area contributed by atoms with E-state index in [0.717, 1.165) is 38.2 Å². The highest BCUT2D eigenvalue weighted by Crippen LogP contribution is 2.12. The largest absolute Gasteiger partial charge is 0.364 e. The zero-order valence-corrected chi connectivity index (χ0v) is 15.6. The minimum absolute atomic E-state index is 0. The number of primary amides is 1. The van der Waals surface area contributed by atoms with Crippen molar-refractivity contribution in [1.29, 1.82) is 0 Å². The molecule has 1 fully saturated rings. The first-order chi connectivity index (χ1) is 11.3. The number of amides is 2. The van der Waals surface area contributed by atoms with Crippen LogP contribution in [0.3, 0.4) is 0 Å². The third-order valence-electron chi connectivity index (χ3n) is 3.91. The molecule has 1 aliphatic heterocycles. The number of aromatic nitrogens is 1. The summed E-state index contributed by atoms with van der Waals surface area (Å²) in [5.74, 6) is -1.02. The maximum atomic E-state index is 12.4. The van der Waals surface area contributed by atoms with Crippen LogP contribution in [-0.4, -0.2) is 62.3 Å². The predicted octanol–water partition coefficient (Wildman–Crippen LogP) is -0.586. The first-order valence-electron chi connectivity index (χ1n) is 7.83. The van der Waals surface area contributed by atoms with Gasteiger partial charge in [-0.25, -0.2) is 13.1 Å². The van der Waals surface area contributed by atoms with Crippen molar-refractivity contribution in [3.63, 3.8) is 0 Å². The molecular formula is C14H24ClN5O4S. The summed E-state index contributed by atoms with van der Waals surface area (Å²) in [6, 6.07) is 1.23. The van der Waals surface area contributed by atoms with Crippen LogP contribution in [-0.2, 0) is 14.8 Å². The lowest BCUT2D eigenvalue weighted by molar-refractivity contribution is -0.131. The minimum Gasteiger partial charge on any atom is -0.364 e. The van der Waals surface area contributed by atoms with Gasteiger partial charge < -0.3 is 20.9 Å². The number of halogens is 1. The number of H-pyrrole nitrogens is 1. The number of hydrogen-bond donors (Lipinski definition) is 4. The van der Waals surface area contributed by atoms with Gasteiger partial charge in [0.05, 0.1) is 6.54 Å². The van der Waals surface area contributed by atoms with E-state index in [1.165, 1.54) is 0 Å². The van der Waals surface area contributed by atoms with Gasteiger partial charge >= 0.3 is 0 Å². The van der Waals surface area contributed by atoms with E-state index in [-0.39, 0.29) is 41.5 Å². The first kappa shape index (κ1) is 21.4. The van der Waals surface area contributed by atoms with Crippen molar-refractivity contribution in [1.82, 2.24) is 19.9 Å². The van der Waals surface area contributed by atoms with Gasteiger partial charge in [-0.05, 0) is 25.5 Å². The van der Waals surface area contributed by atoms with Crippen molar-refractivity contribution in [3.05, 3.63) is 18.0 Å². The van der Waals surface area contributed by atoms with Crippen molar-refractivity contribution in [2.75, 3.05) is 26.2 Å². The lowest BCUT2D eigenvalue weighted by Gasteiger charge is -2.28. The average molecular weight is 394 g/mol. The van der Waals surface area contributed by atoms with Gasteiger partial charge in [-0.2, -0.15) is 0 Å². The van der Waals surface area contributed by atoms with Crippen LogP contribution in [0.5, 0.6) is 0 Å². The molecule has 1 aromatic heterocycles. The molecule has 5 N–H and O–H groups in total. The molecular weight excluding hydrogens is 370 g/mol. The summed E-state index contributed by atoms with van der Waals surface area (Å²) in [6.07, 6.45) is 2.82. The van der Waals surface area contributed by atoms with E-state index in [1.54, 1.807) is 4.90 Å². The maximum absolute atomic E-state index is 12.4. The molecule has 1 unspecified atom stereocenters. The second-order valence-corrected chi connectivity index (χ2v) is 7.44. The molecule has 1 aromatic rings. The van der Waals surface area contributed by atoms with E-state index in [1.807, 2.05) is 6.92 Å². The highest BCUT2D eigenvalue weighted by Gasteiger charge is 2.27. The van der Waals surface area contributed by atoms with E-state index in [2.05, 4.69) is 15.0 Å². The van der Waals surface area contributed by atoms with Crippen LogP contribution in [0.4, 0.5) is 0 Å². The standard InChI is InChI=1S/C14H23N5O4S.ClH/c1-2-5-19(10-3-4-16-7-10)13(20)9-18-24(22,23)11-6-12(14(15)21)17-8-11;/h6,8,10,16-18H,2-5,7,9H2,1H3,(H2,15,21);1H. The molecule has 1 atom stereocenters. The van der Waals surface area contributed by atoms with Gasteiger partial charge in [0.25, 0.3) is 5.91 Å². The Morgan fingerprint density at radius 3 is 2.68 bits per heavy atom. The number of hydrogen-bond acceptors (Lipinski definition) is 5. The predicted molar refractivity (Wildman–Crippen MR) is 95.0 cm³/mol. The Balaban J connectivity index is 0.00000312. The lowest BCUT2D eigenvalue weighted by atomic mass is 10.2. The highest BCUT2D eigenvalue weighted by molar-refractivity contribution is 7.89. The average Bonchev–Trinajstić information content (AvgIpc) is 3.21. The Morgan fingerprint density at radius 2 is 2.16 bits per heavy atom. The number of rotatable bonds is 8. The molecule has 1 aliphatic rings. The van der Waals surface area contributed by atoms with Crippen molar-refractivity contribution in [2.45, 2.75) is 30.7 Å². The van der Waals surface area contributed by atoms with Crippen LogP contribution in [0, 0.1) is 0 Å². The fraction of sp³-hybridized carbons (Fsp3) is 0.571. The van der Waals surface area contributed by atoms with Gasteiger partial charge in [-0.15, -0.1) is 12.4 Å². The fourth-order valence-corrected chi connectivity index (χ4v) is 3.64. The Labute approximate surface area is 153 Å². The van der Waals surface area contributed by atoms with Gasteiger partial charge in [-0.3, -0.25) is 9.59 Å². The third-order valence-corrected chi connectivity index (χ3v) is 5.29. The van der Waals surface area contributed by atoms with E-state index < -0.39 is 15.9 Å². The molecule has 11 heteroatoms. The zero-order valence-electron chi connectivity index (χ0n) is 13.9. The quantitative estimate of drug-likeness (QED) is 0.468. The van der Waals surface area contributed by atoms with Crippen LogP contribution < -0.4 is 15.8 Å². The number of carbonyl (C=O) groups is 2. The number of nitrogens with zero attached hydrogens (tertiary/aromatic N) is 1. The molecule has 0 spiro atoms. The molecule has 2 heterocycles. The molecule has 2 rings (SSSR count). The third kappa shape index (κ3) is 5.43. The normalized spacial score (nSPS) is 17.1. The minimum atomic E-state index is -3.89. The monoisotopic (exact) mass is 393 g/mol. The van der Waals surface area contributed by atoms with Gasteiger partial charge in [0.15, 0.2) is 0 Å². The van der Waals surface area contributed by atoms with Crippen LogP contribution in [0.15, 0.2) is 17.2 Å². The Bertz CT molecular complexity index is 700. The van der Waals surface area contributed by atoms with Gasteiger partial charge in [0, 0.05) is 25.3 Å². The second kappa shape index (κ2) is 9.18. The lowest BCUT2D eigenvalue weighted by Crippen LogP contribution is -2.46. The van der Waals surface area contributed by atoms with Crippen molar-refractivity contribution in [3.8, 4) is 0 Å². The van der Waals surface area contributed by atoms with E-state index >= 15 is 0 Å². The fourth-order valence-electron chi connectivity index (χ4n) is 2.67. The van der Waals surface area contributed by atoms with Gasteiger partial charge in [0.1, 0.15) is 10.6 Å². The SMILES string of the molecule is CCCN(C(=O)CNS(=O)(=O)c1c[nH]c(C(N)=O)c1)C1CCNC1.Cl. The zero-order chi connectivity index (χ0) is 17.7. The highest BCUT2D eigenvalue weighted by atomic mass is 35.5.